The number of nitrogens with zero attached hydrogens (tertiary/aromatic N) is 1. The second-order valence-corrected chi connectivity index (χ2v) is 5.66. The number of allylic oxidation sites excluding steroid dienone is 2. The molecule has 2 heterocycles. The molecule has 1 unspecified atom stereocenters. The zero-order valence-electron chi connectivity index (χ0n) is 11.0. The summed E-state index contributed by atoms with van der Waals surface area (Å²) in [7, 11) is 0. The summed E-state index contributed by atoms with van der Waals surface area (Å²) in [6, 6.07) is 1.82. The Hall–Kier alpha value is -1.88. The van der Waals surface area contributed by atoms with Gasteiger partial charge in [-0.05, 0) is 31.2 Å². The van der Waals surface area contributed by atoms with E-state index in [0.717, 1.165) is 29.8 Å². The molecule has 0 aromatic carbocycles. The molecule has 0 bridgehead atoms. The van der Waals surface area contributed by atoms with Gasteiger partial charge in [-0.2, -0.15) is 0 Å². The van der Waals surface area contributed by atoms with E-state index in [0.29, 0.717) is 18.2 Å². The summed E-state index contributed by atoms with van der Waals surface area (Å²) in [6.07, 6.45) is 10.7. The molecule has 0 amide bonds. The molecule has 2 aromatic rings. The molecule has 0 spiro atoms. The Labute approximate surface area is 121 Å². The maximum atomic E-state index is 12.0. The van der Waals surface area contributed by atoms with E-state index in [1.54, 1.807) is 17.9 Å². The number of furan rings is 1. The molecule has 0 fully saturated rings. The lowest BCUT2D eigenvalue weighted by molar-refractivity contribution is 0.0426. The molecule has 0 saturated heterocycles. The van der Waals surface area contributed by atoms with Crippen LogP contribution >= 0.6 is 11.3 Å². The minimum absolute atomic E-state index is 0.342. The monoisotopic (exact) mass is 289 g/mol. The normalized spacial score (nSPS) is 18.1. The molecular formula is C15H15NO3S. The van der Waals surface area contributed by atoms with Crippen LogP contribution in [-0.4, -0.2) is 17.6 Å². The van der Waals surface area contributed by atoms with Gasteiger partial charge >= 0.3 is 5.97 Å². The molecule has 1 atom stereocenters. The van der Waals surface area contributed by atoms with Crippen LogP contribution in [0.15, 0.2) is 40.5 Å². The summed E-state index contributed by atoms with van der Waals surface area (Å²) in [5.41, 5.74) is 1.25. The number of thiazole rings is 1. The van der Waals surface area contributed by atoms with Gasteiger partial charge in [0, 0.05) is 10.9 Å². The van der Waals surface area contributed by atoms with Crippen molar-refractivity contribution < 1.29 is 13.9 Å². The average molecular weight is 289 g/mol. The Morgan fingerprint density at radius 1 is 1.50 bits per heavy atom. The highest BCUT2D eigenvalue weighted by molar-refractivity contribution is 7.13. The lowest BCUT2D eigenvalue weighted by Gasteiger charge is -2.16. The first kappa shape index (κ1) is 13.1. The second-order valence-electron chi connectivity index (χ2n) is 4.80. The van der Waals surface area contributed by atoms with Gasteiger partial charge in [0.05, 0.1) is 12.9 Å². The molecule has 1 aliphatic carbocycles. The first-order valence-electron chi connectivity index (χ1n) is 6.63. The molecule has 0 N–H and O–H groups in total. The highest BCUT2D eigenvalue weighted by Crippen LogP contribution is 2.24. The molecule has 3 rings (SSSR count). The first-order chi connectivity index (χ1) is 9.83. The van der Waals surface area contributed by atoms with Crippen LogP contribution in [0.25, 0.3) is 10.6 Å². The molecule has 104 valence electrons. The fourth-order valence-electron chi connectivity index (χ4n) is 2.16. The van der Waals surface area contributed by atoms with Crippen molar-refractivity contribution in [2.45, 2.75) is 19.3 Å². The van der Waals surface area contributed by atoms with Gasteiger partial charge in [-0.3, -0.25) is 0 Å². The Morgan fingerprint density at radius 2 is 2.45 bits per heavy atom. The number of hydrogen-bond acceptors (Lipinski definition) is 5. The van der Waals surface area contributed by atoms with Gasteiger partial charge in [-0.25, -0.2) is 9.78 Å². The highest BCUT2D eigenvalue weighted by atomic mass is 32.1. The van der Waals surface area contributed by atoms with Gasteiger partial charge in [-0.15, -0.1) is 11.3 Å². The third-order valence-corrected chi connectivity index (χ3v) is 4.20. The summed E-state index contributed by atoms with van der Waals surface area (Å²) < 4.78 is 10.4. The number of carbonyl (C=O) groups is 1. The fraction of sp³-hybridized carbons (Fsp3) is 0.333. The molecule has 0 aliphatic heterocycles. The summed E-state index contributed by atoms with van der Waals surface area (Å²) in [5, 5.41) is 2.50. The van der Waals surface area contributed by atoms with Gasteiger partial charge in [-0.1, -0.05) is 12.2 Å². The van der Waals surface area contributed by atoms with Crippen molar-refractivity contribution in [3.05, 3.63) is 41.8 Å². The van der Waals surface area contributed by atoms with E-state index in [2.05, 4.69) is 17.1 Å². The van der Waals surface area contributed by atoms with E-state index in [9.17, 15) is 4.79 Å². The summed E-state index contributed by atoms with van der Waals surface area (Å²) >= 11 is 1.41. The zero-order chi connectivity index (χ0) is 13.8. The zero-order valence-corrected chi connectivity index (χ0v) is 11.8. The number of rotatable bonds is 4. The lowest BCUT2D eigenvalue weighted by atomic mass is 9.95. The fourth-order valence-corrected chi connectivity index (χ4v) is 2.94. The van der Waals surface area contributed by atoms with Crippen LogP contribution in [-0.2, 0) is 4.74 Å². The van der Waals surface area contributed by atoms with Crippen molar-refractivity contribution in [1.29, 1.82) is 0 Å². The van der Waals surface area contributed by atoms with Gasteiger partial charge in [0.25, 0.3) is 0 Å². The van der Waals surface area contributed by atoms with Gasteiger partial charge < -0.3 is 9.15 Å². The number of ether oxygens (including phenoxy) is 1. The van der Waals surface area contributed by atoms with Crippen LogP contribution in [0.2, 0.25) is 0 Å². The molecule has 4 nitrogen and oxygen atoms in total. The van der Waals surface area contributed by atoms with Gasteiger partial charge in [0.1, 0.15) is 11.3 Å². The van der Waals surface area contributed by atoms with E-state index >= 15 is 0 Å². The van der Waals surface area contributed by atoms with E-state index in [1.165, 1.54) is 11.3 Å². The number of carbonyl (C=O) groups excluding carboxylic acids is 1. The lowest BCUT2D eigenvalue weighted by Crippen LogP contribution is -2.15. The van der Waals surface area contributed by atoms with E-state index in [4.69, 9.17) is 9.15 Å². The maximum absolute atomic E-state index is 12.0. The predicted octanol–water partition coefficient (Wildman–Crippen LogP) is 3.92. The highest BCUT2D eigenvalue weighted by Gasteiger charge is 2.17. The van der Waals surface area contributed by atoms with Crippen molar-refractivity contribution in [1.82, 2.24) is 4.98 Å². The summed E-state index contributed by atoms with van der Waals surface area (Å²) in [4.78, 5) is 16.2. The minimum Gasteiger partial charge on any atom is -0.472 e. The Balaban J connectivity index is 1.58. The maximum Gasteiger partial charge on any atom is 0.357 e. The molecule has 2 aromatic heterocycles. The predicted molar refractivity (Wildman–Crippen MR) is 76.6 cm³/mol. The van der Waals surface area contributed by atoms with Crippen LogP contribution in [0.1, 0.15) is 29.8 Å². The number of esters is 1. The van der Waals surface area contributed by atoms with Gasteiger partial charge in [0.15, 0.2) is 5.69 Å². The largest absolute Gasteiger partial charge is 0.472 e. The van der Waals surface area contributed by atoms with Crippen LogP contribution in [0, 0.1) is 5.92 Å². The topological polar surface area (TPSA) is 52.3 Å². The second kappa shape index (κ2) is 6.05. The molecule has 1 aliphatic rings. The average Bonchev–Trinajstić information content (AvgIpc) is 3.16. The Bertz CT molecular complexity index is 600. The molecule has 0 saturated carbocycles. The number of aromatic nitrogens is 1. The molecular weight excluding hydrogens is 274 g/mol. The Morgan fingerprint density at radius 3 is 3.20 bits per heavy atom. The third-order valence-electron chi connectivity index (χ3n) is 3.31. The van der Waals surface area contributed by atoms with Crippen LogP contribution in [0.5, 0.6) is 0 Å². The van der Waals surface area contributed by atoms with Gasteiger partial charge in [0.2, 0.25) is 0 Å². The third kappa shape index (κ3) is 2.99. The van der Waals surface area contributed by atoms with Crippen molar-refractivity contribution in [2.24, 2.45) is 5.92 Å². The Kier molecular flexibility index (Phi) is 3.97. The van der Waals surface area contributed by atoms with Crippen molar-refractivity contribution in [2.75, 3.05) is 6.61 Å². The van der Waals surface area contributed by atoms with E-state index in [1.807, 2.05) is 6.07 Å². The SMILES string of the molecule is O=C(OCC1CC=CCC1)c1csc(-c2ccoc2)n1. The van der Waals surface area contributed by atoms with Crippen LogP contribution < -0.4 is 0 Å². The summed E-state index contributed by atoms with van der Waals surface area (Å²) in [5.74, 6) is 0.0986. The van der Waals surface area contributed by atoms with Crippen molar-refractivity contribution >= 4 is 17.3 Å². The standard InChI is InChI=1S/C15H15NO3S/c17-15(19-8-11-4-2-1-3-5-11)13-10-20-14(16-13)12-6-7-18-9-12/h1-2,6-7,9-11H,3-5,8H2. The number of hydrogen-bond donors (Lipinski definition) is 0. The van der Waals surface area contributed by atoms with Crippen molar-refractivity contribution in [3.8, 4) is 10.6 Å². The molecule has 0 radical (unpaired) electrons. The van der Waals surface area contributed by atoms with E-state index in [-0.39, 0.29) is 5.97 Å². The minimum atomic E-state index is -0.342. The quantitative estimate of drug-likeness (QED) is 0.632. The van der Waals surface area contributed by atoms with E-state index < -0.39 is 0 Å². The first-order valence-corrected chi connectivity index (χ1v) is 7.51. The summed E-state index contributed by atoms with van der Waals surface area (Å²) in [6.45, 7) is 0.474. The molecule has 5 heteroatoms. The van der Waals surface area contributed by atoms with Crippen LogP contribution in [0.4, 0.5) is 0 Å². The molecule has 20 heavy (non-hydrogen) atoms. The van der Waals surface area contributed by atoms with Crippen LogP contribution in [0.3, 0.4) is 0 Å². The van der Waals surface area contributed by atoms with Crippen molar-refractivity contribution in [3.63, 3.8) is 0 Å². The smallest absolute Gasteiger partial charge is 0.357 e.